The van der Waals surface area contributed by atoms with Gasteiger partial charge in [0, 0.05) is 44.3 Å². The van der Waals surface area contributed by atoms with Crippen LogP contribution < -0.4 is 4.90 Å². The van der Waals surface area contributed by atoms with Crippen molar-refractivity contribution >= 4 is 71.4 Å². The fourth-order valence-electron chi connectivity index (χ4n) is 11.3. The molecule has 0 unspecified atom stereocenters. The quantitative estimate of drug-likeness (QED) is 0.141. The van der Waals surface area contributed by atoms with Gasteiger partial charge in [0.25, 0.3) is 0 Å². The third-order valence-corrected chi connectivity index (χ3v) is 14.7. The maximum Gasteiger partial charge on any atom is 0.0782 e. The number of para-hydroxylation sites is 5. The summed E-state index contributed by atoms with van der Waals surface area (Å²) in [6.07, 6.45) is 0. The van der Waals surface area contributed by atoms with Crippen LogP contribution in [0, 0.1) is 0 Å². The summed E-state index contributed by atoms with van der Waals surface area (Å²) in [5.74, 6) is 0. The van der Waals surface area contributed by atoms with Crippen LogP contribution >= 0.6 is 0 Å². The average molecular weight is 930 g/mol. The maximum atomic E-state index is 2.43. The number of fused-ring (bicyclic) bond motifs is 7. The van der Waals surface area contributed by atoms with Crippen molar-refractivity contribution in [2.75, 3.05) is 4.90 Å². The van der Waals surface area contributed by atoms with Crippen molar-refractivity contribution in [3.8, 4) is 55.9 Å². The van der Waals surface area contributed by atoms with E-state index in [4.69, 9.17) is 0 Å². The zero-order chi connectivity index (χ0) is 48.2. The van der Waals surface area contributed by atoms with Crippen LogP contribution in [-0.2, 0) is 0 Å². The molecule has 0 aliphatic carbocycles. The van der Waals surface area contributed by atoms with Gasteiger partial charge in [0.15, 0.2) is 0 Å². The van der Waals surface area contributed by atoms with Crippen molar-refractivity contribution in [3.05, 3.63) is 285 Å². The van der Waals surface area contributed by atoms with E-state index in [-0.39, 0.29) is 0 Å². The first-order valence-electron chi connectivity index (χ1n) is 25.1. The lowest BCUT2D eigenvalue weighted by Crippen LogP contribution is -2.11. The Kier molecular flexibility index (Phi) is 10.2. The van der Waals surface area contributed by atoms with E-state index in [9.17, 15) is 0 Å². The zero-order valence-corrected chi connectivity index (χ0v) is 40.0. The molecular formula is C70H47N3. The van der Waals surface area contributed by atoms with Crippen molar-refractivity contribution in [1.29, 1.82) is 0 Å². The molecule has 0 spiro atoms. The smallest absolute Gasteiger partial charge is 0.0782 e. The summed E-state index contributed by atoms with van der Waals surface area (Å²) in [6.45, 7) is 0. The van der Waals surface area contributed by atoms with Gasteiger partial charge in [0.2, 0.25) is 0 Å². The highest BCUT2D eigenvalue weighted by molar-refractivity contribution is 6.17. The van der Waals surface area contributed by atoms with E-state index in [0.29, 0.717) is 0 Å². The van der Waals surface area contributed by atoms with Gasteiger partial charge in [0.1, 0.15) is 0 Å². The predicted octanol–water partition coefficient (Wildman–Crippen LogP) is 19.2. The van der Waals surface area contributed by atoms with Crippen molar-refractivity contribution < 1.29 is 0 Å². The molecule has 342 valence electrons. The minimum atomic E-state index is 1.07. The summed E-state index contributed by atoms with van der Waals surface area (Å²) in [5, 5.41) is 7.37. The molecule has 14 aromatic rings. The van der Waals surface area contributed by atoms with Gasteiger partial charge in [-0.3, -0.25) is 0 Å². The lowest BCUT2D eigenvalue weighted by molar-refractivity contribution is 1.17. The molecule has 3 heteroatoms. The van der Waals surface area contributed by atoms with E-state index >= 15 is 0 Å². The normalized spacial score (nSPS) is 11.6. The number of aromatic nitrogens is 2. The highest BCUT2D eigenvalue weighted by atomic mass is 15.2. The number of nitrogens with zero attached hydrogens (tertiary/aromatic N) is 3. The predicted molar refractivity (Wildman–Crippen MR) is 309 cm³/mol. The van der Waals surface area contributed by atoms with Gasteiger partial charge in [-0.05, 0) is 152 Å². The Balaban J connectivity index is 0.960. The Bertz CT molecular complexity index is 4340. The number of rotatable bonds is 9. The van der Waals surface area contributed by atoms with Crippen LogP contribution in [-0.4, -0.2) is 9.13 Å². The molecule has 0 bridgehead atoms. The molecular weight excluding hydrogens is 883 g/mol. The molecule has 0 fully saturated rings. The third kappa shape index (κ3) is 7.29. The van der Waals surface area contributed by atoms with Crippen molar-refractivity contribution in [2.24, 2.45) is 0 Å². The maximum absolute atomic E-state index is 2.43. The largest absolute Gasteiger partial charge is 0.309 e. The standard InChI is InChI=1S/C70H47N3/c1-4-18-48(19-5-1)50-36-40-59(41-37-50)71(68-33-17-29-63-62-26-12-14-30-65(62)73(70(63)68)58-24-8-3-9-25-58)60-42-38-51(39-43-60)54-45-55(53-35-34-49-20-10-11-21-52(49)44-53)47-56(46-54)61-28-16-32-67-69(61)64-27-13-15-31-66(64)72(67)57-22-6-2-7-23-57/h1-47H. The summed E-state index contributed by atoms with van der Waals surface area (Å²) in [5.41, 5.74) is 19.6. The van der Waals surface area contributed by atoms with Crippen LogP contribution in [0.5, 0.6) is 0 Å². The van der Waals surface area contributed by atoms with Gasteiger partial charge in [0.05, 0.1) is 27.8 Å². The second-order valence-corrected chi connectivity index (χ2v) is 18.9. The van der Waals surface area contributed by atoms with Crippen LogP contribution in [0.2, 0.25) is 0 Å². The lowest BCUT2D eigenvalue weighted by atomic mass is 9.91. The molecule has 0 saturated carbocycles. The van der Waals surface area contributed by atoms with Crippen molar-refractivity contribution in [2.45, 2.75) is 0 Å². The molecule has 3 nitrogen and oxygen atoms in total. The van der Waals surface area contributed by atoms with E-state index < -0.39 is 0 Å². The van der Waals surface area contributed by atoms with Crippen molar-refractivity contribution in [1.82, 2.24) is 9.13 Å². The summed E-state index contributed by atoms with van der Waals surface area (Å²) in [7, 11) is 0. The van der Waals surface area contributed by atoms with Crippen LogP contribution in [0.3, 0.4) is 0 Å². The van der Waals surface area contributed by atoms with Crippen molar-refractivity contribution in [3.63, 3.8) is 0 Å². The molecule has 0 aliphatic rings. The van der Waals surface area contributed by atoms with Gasteiger partial charge in [-0.1, -0.05) is 188 Å². The SMILES string of the molecule is c1ccc(-c2ccc(N(c3ccc(-c4cc(-c5ccc6ccccc6c5)cc(-c5cccc6c5c5ccccc5n6-c5ccccc5)c4)cc3)c3cccc4c5ccccc5n(-c5ccccc5)c34)cc2)cc1. The first-order chi connectivity index (χ1) is 36.2. The van der Waals surface area contributed by atoms with Crippen LogP contribution in [0.15, 0.2) is 285 Å². The molecule has 2 heterocycles. The molecule has 73 heavy (non-hydrogen) atoms. The van der Waals surface area contributed by atoms with E-state index in [1.165, 1.54) is 82.2 Å². The molecule has 0 amide bonds. The minimum Gasteiger partial charge on any atom is -0.309 e. The molecule has 0 atom stereocenters. The van der Waals surface area contributed by atoms with E-state index in [1.54, 1.807) is 0 Å². The molecule has 0 N–H and O–H groups in total. The Morgan fingerprint density at radius 3 is 1.44 bits per heavy atom. The topological polar surface area (TPSA) is 13.1 Å². The second kappa shape index (κ2) is 17.6. The first kappa shape index (κ1) is 42.2. The summed E-state index contributed by atoms with van der Waals surface area (Å²) in [6, 6.07) is 104. The average Bonchev–Trinajstić information content (AvgIpc) is 4.00. The van der Waals surface area contributed by atoms with Gasteiger partial charge in [-0.2, -0.15) is 0 Å². The molecule has 0 saturated heterocycles. The summed E-state index contributed by atoms with van der Waals surface area (Å²) < 4.78 is 4.83. The number of anilines is 3. The van der Waals surface area contributed by atoms with Crippen LogP contribution in [0.4, 0.5) is 17.1 Å². The van der Waals surface area contributed by atoms with Crippen LogP contribution in [0.1, 0.15) is 0 Å². The van der Waals surface area contributed by atoms with Gasteiger partial charge >= 0.3 is 0 Å². The van der Waals surface area contributed by atoms with E-state index in [0.717, 1.165) is 45.1 Å². The van der Waals surface area contributed by atoms with Gasteiger partial charge < -0.3 is 14.0 Å². The third-order valence-electron chi connectivity index (χ3n) is 14.7. The fraction of sp³-hybridized carbons (Fsp3) is 0. The van der Waals surface area contributed by atoms with Crippen LogP contribution in [0.25, 0.3) is 110 Å². The number of hydrogen-bond donors (Lipinski definition) is 0. The Labute approximate surface area is 424 Å². The van der Waals surface area contributed by atoms with E-state index in [2.05, 4.69) is 299 Å². The molecule has 0 radical (unpaired) electrons. The molecule has 14 rings (SSSR count). The lowest BCUT2D eigenvalue weighted by Gasteiger charge is -2.27. The highest BCUT2D eigenvalue weighted by Gasteiger charge is 2.23. The monoisotopic (exact) mass is 929 g/mol. The fourth-order valence-corrected chi connectivity index (χ4v) is 11.3. The molecule has 12 aromatic carbocycles. The summed E-state index contributed by atoms with van der Waals surface area (Å²) in [4.78, 5) is 2.43. The molecule has 2 aromatic heterocycles. The minimum absolute atomic E-state index is 1.07. The van der Waals surface area contributed by atoms with E-state index in [1.807, 2.05) is 0 Å². The second-order valence-electron chi connectivity index (χ2n) is 18.9. The Morgan fingerprint density at radius 2 is 0.740 bits per heavy atom. The van der Waals surface area contributed by atoms with Gasteiger partial charge in [-0.25, -0.2) is 0 Å². The first-order valence-corrected chi connectivity index (χ1v) is 25.1. The molecule has 0 aliphatic heterocycles. The Morgan fingerprint density at radius 1 is 0.260 bits per heavy atom. The summed E-state index contributed by atoms with van der Waals surface area (Å²) >= 11 is 0. The van der Waals surface area contributed by atoms with Gasteiger partial charge in [-0.15, -0.1) is 0 Å². The Hall–Kier alpha value is -9.70. The number of hydrogen-bond acceptors (Lipinski definition) is 1. The zero-order valence-electron chi connectivity index (χ0n) is 40.0. The number of benzene rings is 12. The highest BCUT2D eigenvalue weighted by Crippen LogP contribution is 2.46.